The van der Waals surface area contributed by atoms with Crippen LogP contribution in [0, 0.1) is 5.92 Å². The molecule has 17 heavy (non-hydrogen) atoms. The highest BCUT2D eigenvalue weighted by Gasteiger charge is 2.10. The zero-order chi connectivity index (χ0) is 13.1. The molecule has 3 N–H and O–H groups in total. The number of hydrogen-bond acceptors (Lipinski definition) is 3. The lowest BCUT2D eigenvalue weighted by atomic mass is 10.0. The first kappa shape index (κ1) is 16.4. The molecule has 0 spiro atoms. The summed E-state index contributed by atoms with van der Waals surface area (Å²) in [5.74, 6) is 0.754. The summed E-state index contributed by atoms with van der Waals surface area (Å²) in [6, 6.07) is 0. The molecule has 0 fully saturated rings. The van der Waals surface area contributed by atoms with E-state index in [1.165, 1.54) is 0 Å². The molecule has 0 aromatic rings. The van der Waals surface area contributed by atoms with Gasteiger partial charge in [-0.1, -0.05) is 6.92 Å². The summed E-state index contributed by atoms with van der Waals surface area (Å²) in [6.07, 6.45) is 5.33. The van der Waals surface area contributed by atoms with Crippen LogP contribution in [0.3, 0.4) is 0 Å². The first-order valence-electron chi connectivity index (χ1n) is 6.66. The summed E-state index contributed by atoms with van der Waals surface area (Å²) >= 11 is 0. The molecule has 1 unspecified atom stereocenters. The van der Waals surface area contributed by atoms with Gasteiger partial charge in [-0.2, -0.15) is 0 Å². The molecule has 4 heteroatoms. The van der Waals surface area contributed by atoms with E-state index in [9.17, 15) is 4.79 Å². The van der Waals surface area contributed by atoms with E-state index in [1.54, 1.807) is 4.90 Å². The summed E-state index contributed by atoms with van der Waals surface area (Å²) in [5.41, 5.74) is 5.47. The highest BCUT2D eigenvalue weighted by atomic mass is 16.2. The number of unbranched alkanes of at least 4 members (excludes halogenated alkanes) is 2. The lowest BCUT2D eigenvalue weighted by molar-refractivity contribution is -0.130. The topological polar surface area (TPSA) is 66.6 Å². The van der Waals surface area contributed by atoms with E-state index < -0.39 is 0 Å². The van der Waals surface area contributed by atoms with Gasteiger partial charge in [0.1, 0.15) is 0 Å². The number of carbonyl (C=O) groups is 1. The van der Waals surface area contributed by atoms with Gasteiger partial charge in [0.15, 0.2) is 0 Å². The van der Waals surface area contributed by atoms with Crippen LogP contribution in [0.1, 0.15) is 45.4 Å². The second kappa shape index (κ2) is 10.5. The van der Waals surface area contributed by atoms with Crippen LogP contribution in [0.25, 0.3) is 0 Å². The monoisotopic (exact) mass is 244 g/mol. The maximum Gasteiger partial charge on any atom is 0.222 e. The predicted octanol–water partition coefficient (Wildman–Crippen LogP) is 1.37. The second-order valence-corrected chi connectivity index (χ2v) is 4.82. The third-order valence-electron chi connectivity index (χ3n) is 3.09. The van der Waals surface area contributed by atoms with Crippen LogP contribution in [0.15, 0.2) is 0 Å². The Morgan fingerprint density at radius 2 is 2.00 bits per heavy atom. The molecule has 0 radical (unpaired) electrons. The summed E-state index contributed by atoms with van der Waals surface area (Å²) in [5, 5.41) is 8.65. The fourth-order valence-corrected chi connectivity index (χ4v) is 1.75. The maximum atomic E-state index is 11.8. The molecule has 0 rings (SSSR count). The van der Waals surface area contributed by atoms with Gasteiger partial charge in [-0.25, -0.2) is 0 Å². The molecule has 102 valence electrons. The number of rotatable bonds is 10. The molecule has 0 aromatic carbocycles. The van der Waals surface area contributed by atoms with E-state index in [1.807, 2.05) is 7.05 Å². The number of aliphatic hydroxyl groups excluding tert-OH is 1. The first-order valence-corrected chi connectivity index (χ1v) is 6.66. The summed E-state index contributed by atoms with van der Waals surface area (Å²) in [6.45, 7) is 3.88. The molecule has 1 atom stereocenters. The molecule has 0 aliphatic heterocycles. The van der Waals surface area contributed by atoms with E-state index >= 15 is 0 Å². The van der Waals surface area contributed by atoms with E-state index in [4.69, 9.17) is 10.8 Å². The minimum atomic E-state index is 0.220. The fourth-order valence-electron chi connectivity index (χ4n) is 1.75. The first-order chi connectivity index (χ1) is 8.11. The van der Waals surface area contributed by atoms with Crippen molar-refractivity contribution < 1.29 is 9.90 Å². The Balaban J connectivity index is 3.59. The summed E-state index contributed by atoms with van der Waals surface area (Å²) < 4.78 is 0. The van der Waals surface area contributed by atoms with Crippen LogP contribution in [0.5, 0.6) is 0 Å². The Kier molecular flexibility index (Phi) is 10.2. The van der Waals surface area contributed by atoms with E-state index in [0.717, 1.165) is 38.6 Å². The molecular formula is C13H28N2O2. The van der Waals surface area contributed by atoms with Crippen molar-refractivity contribution in [3.8, 4) is 0 Å². The van der Waals surface area contributed by atoms with Crippen LogP contribution in [0.2, 0.25) is 0 Å². The van der Waals surface area contributed by atoms with Crippen molar-refractivity contribution in [3.63, 3.8) is 0 Å². The molecule has 0 aromatic heterocycles. The minimum absolute atomic E-state index is 0.220. The van der Waals surface area contributed by atoms with E-state index in [2.05, 4.69) is 6.92 Å². The highest BCUT2D eigenvalue weighted by molar-refractivity contribution is 5.75. The third kappa shape index (κ3) is 9.12. The standard InChI is InChI=1S/C13H28N2O2/c1-12(8-9-14)6-7-13(17)15(2)10-4-3-5-11-16/h12,16H,3-11,14H2,1-2H3. The summed E-state index contributed by atoms with van der Waals surface area (Å²) in [7, 11) is 1.86. The summed E-state index contributed by atoms with van der Waals surface area (Å²) in [4.78, 5) is 13.6. The number of hydrogen-bond donors (Lipinski definition) is 2. The van der Waals surface area contributed by atoms with Crippen molar-refractivity contribution in [2.75, 3.05) is 26.7 Å². The van der Waals surface area contributed by atoms with Gasteiger partial charge < -0.3 is 15.7 Å². The second-order valence-electron chi connectivity index (χ2n) is 4.82. The van der Waals surface area contributed by atoms with Gasteiger partial charge in [-0.3, -0.25) is 4.79 Å². The van der Waals surface area contributed by atoms with Crippen molar-refractivity contribution in [3.05, 3.63) is 0 Å². The van der Waals surface area contributed by atoms with Gasteiger partial charge in [0.2, 0.25) is 5.91 Å². The fraction of sp³-hybridized carbons (Fsp3) is 0.923. The number of nitrogens with zero attached hydrogens (tertiary/aromatic N) is 1. The smallest absolute Gasteiger partial charge is 0.222 e. The van der Waals surface area contributed by atoms with Gasteiger partial charge in [0.05, 0.1) is 0 Å². The Bertz CT molecular complexity index is 198. The zero-order valence-corrected chi connectivity index (χ0v) is 11.3. The molecule has 0 aliphatic carbocycles. The molecule has 0 aliphatic rings. The van der Waals surface area contributed by atoms with Crippen LogP contribution in [-0.2, 0) is 4.79 Å². The zero-order valence-electron chi connectivity index (χ0n) is 11.3. The molecule has 1 amide bonds. The Morgan fingerprint density at radius 3 is 2.59 bits per heavy atom. The molecule has 4 nitrogen and oxygen atoms in total. The Hall–Kier alpha value is -0.610. The average Bonchev–Trinajstić information content (AvgIpc) is 2.31. The van der Waals surface area contributed by atoms with Crippen LogP contribution in [-0.4, -0.2) is 42.7 Å². The lowest BCUT2D eigenvalue weighted by Gasteiger charge is -2.18. The largest absolute Gasteiger partial charge is 0.396 e. The van der Waals surface area contributed by atoms with Crippen LogP contribution < -0.4 is 5.73 Å². The van der Waals surface area contributed by atoms with Crippen molar-refractivity contribution in [2.45, 2.75) is 45.4 Å². The van der Waals surface area contributed by atoms with E-state index in [0.29, 0.717) is 18.9 Å². The van der Waals surface area contributed by atoms with Crippen molar-refractivity contribution in [2.24, 2.45) is 11.7 Å². The van der Waals surface area contributed by atoms with Gasteiger partial charge in [-0.15, -0.1) is 0 Å². The van der Waals surface area contributed by atoms with Crippen LogP contribution >= 0.6 is 0 Å². The molecular weight excluding hydrogens is 216 g/mol. The quantitative estimate of drug-likeness (QED) is 0.570. The number of carbonyl (C=O) groups excluding carboxylic acids is 1. The molecule has 0 saturated carbocycles. The lowest BCUT2D eigenvalue weighted by Crippen LogP contribution is -2.28. The van der Waals surface area contributed by atoms with Gasteiger partial charge in [0.25, 0.3) is 0 Å². The SMILES string of the molecule is CC(CCN)CCC(=O)N(C)CCCCCO. The molecule has 0 heterocycles. The van der Waals surface area contributed by atoms with Crippen molar-refractivity contribution >= 4 is 5.91 Å². The Labute approximate surface area is 105 Å². The maximum absolute atomic E-state index is 11.8. The molecule has 0 bridgehead atoms. The third-order valence-corrected chi connectivity index (χ3v) is 3.09. The van der Waals surface area contributed by atoms with Gasteiger partial charge in [-0.05, 0) is 44.6 Å². The van der Waals surface area contributed by atoms with Gasteiger partial charge >= 0.3 is 0 Å². The average molecular weight is 244 g/mol. The normalized spacial score (nSPS) is 12.5. The van der Waals surface area contributed by atoms with E-state index in [-0.39, 0.29) is 12.5 Å². The highest BCUT2D eigenvalue weighted by Crippen LogP contribution is 2.10. The minimum Gasteiger partial charge on any atom is -0.396 e. The number of amides is 1. The predicted molar refractivity (Wildman–Crippen MR) is 70.6 cm³/mol. The van der Waals surface area contributed by atoms with Crippen molar-refractivity contribution in [1.82, 2.24) is 4.90 Å². The van der Waals surface area contributed by atoms with Crippen molar-refractivity contribution in [1.29, 1.82) is 0 Å². The van der Waals surface area contributed by atoms with Gasteiger partial charge in [0, 0.05) is 26.6 Å². The molecule has 0 saturated heterocycles. The number of aliphatic hydroxyl groups is 1. The number of nitrogens with two attached hydrogens (primary N) is 1. The Morgan fingerprint density at radius 1 is 1.29 bits per heavy atom. The van der Waals surface area contributed by atoms with Crippen LogP contribution in [0.4, 0.5) is 0 Å².